The van der Waals surface area contributed by atoms with E-state index in [0.717, 1.165) is 5.82 Å². The molecule has 0 unspecified atom stereocenters. The molecule has 20 heavy (non-hydrogen) atoms. The number of pyridine rings is 1. The third-order valence-corrected chi connectivity index (χ3v) is 2.67. The van der Waals surface area contributed by atoms with Gasteiger partial charge in [-0.05, 0) is 19.1 Å². The van der Waals surface area contributed by atoms with Crippen LogP contribution in [0.3, 0.4) is 0 Å². The maximum atomic E-state index is 8.77. The molecule has 6 nitrogen and oxygen atoms in total. The standard InChI is InChI=1S/C13H16N6.H2S/c1-8(2)12-17-13(9(3)15)19(18-12)11-5-4-10(6-14)7-16-11;/h4-5,7-9H,15H2,1-3H3;1H2/t9-;/m0./s1. The summed E-state index contributed by atoms with van der Waals surface area (Å²) in [5.74, 6) is 2.24. The molecule has 106 valence electrons. The summed E-state index contributed by atoms with van der Waals surface area (Å²) in [6.07, 6.45) is 1.51. The van der Waals surface area contributed by atoms with Gasteiger partial charge in [0.15, 0.2) is 17.5 Å². The van der Waals surface area contributed by atoms with Gasteiger partial charge in [0.25, 0.3) is 0 Å². The maximum absolute atomic E-state index is 8.77. The Morgan fingerprint density at radius 3 is 2.45 bits per heavy atom. The highest BCUT2D eigenvalue weighted by molar-refractivity contribution is 7.59. The first-order valence-electron chi connectivity index (χ1n) is 6.12. The number of nitrogens with two attached hydrogens (primary N) is 1. The number of hydrogen-bond donors (Lipinski definition) is 1. The van der Waals surface area contributed by atoms with Crippen molar-refractivity contribution in [1.29, 1.82) is 5.26 Å². The monoisotopic (exact) mass is 290 g/mol. The Kier molecular flexibility index (Phi) is 5.25. The predicted molar refractivity (Wildman–Crippen MR) is 80.9 cm³/mol. The van der Waals surface area contributed by atoms with E-state index >= 15 is 0 Å². The molecule has 0 aliphatic heterocycles. The van der Waals surface area contributed by atoms with Crippen LogP contribution in [0, 0.1) is 11.3 Å². The lowest BCUT2D eigenvalue weighted by molar-refractivity contribution is 0.679. The van der Waals surface area contributed by atoms with Crippen molar-refractivity contribution in [2.75, 3.05) is 0 Å². The van der Waals surface area contributed by atoms with Gasteiger partial charge < -0.3 is 5.73 Å². The number of rotatable bonds is 3. The fraction of sp³-hybridized carbons (Fsp3) is 0.385. The summed E-state index contributed by atoms with van der Waals surface area (Å²) < 4.78 is 1.64. The molecule has 0 aromatic carbocycles. The van der Waals surface area contributed by atoms with Gasteiger partial charge in [-0.2, -0.15) is 23.4 Å². The van der Waals surface area contributed by atoms with E-state index in [0.29, 0.717) is 17.2 Å². The van der Waals surface area contributed by atoms with E-state index < -0.39 is 0 Å². The van der Waals surface area contributed by atoms with E-state index in [4.69, 9.17) is 11.0 Å². The lowest BCUT2D eigenvalue weighted by Crippen LogP contribution is -2.14. The van der Waals surface area contributed by atoms with Gasteiger partial charge in [0, 0.05) is 12.1 Å². The van der Waals surface area contributed by atoms with Crippen molar-refractivity contribution in [2.24, 2.45) is 5.73 Å². The molecular formula is C13H18N6S. The number of aromatic nitrogens is 4. The van der Waals surface area contributed by atoms with E-state index in [1.165, 1.54) is 6.20 Å². The van der Waals surface area contributed by atoms with E-state index in [1.807, 2.05) is 26.8 Å². The van der Waals surface area contributed by atoms with Crippen LogP contribution in [0.15, 0.2) is 18.3 Å². The van der Waals surface area contributed by atoms with Crippen LogP contribution in [0.5, 0.6) is 0 Å². The fourth-order valence-electron chi connectivity index (χ4n) is 1.63. The Labute approximate surface area is 125 Å². The topological polar surface area (TPSA) is 93.4 Å². The maximum Gasteiger partial charge on any atom is 0.155 e. The molecule has 0 aliphatic rings. The largest absolute Gasteiger partial charge is 0.322 e. The molecule has 2 aromatic heterocycles. The predicted octanol–water partition coefficient (Wildman–Crippen LogP) is 1.79. The van der Waals surface area contributed by atoms with Crippen molar-refractivity contribution in [1.82, 2.24) is 19.7 Å². The molecule has 0 spiro atoms. The van der Waals surface area contributed by atoms with Crippen LogP contribution < -0.4 is 5.73 Å². The Morgan fingerprint density at radius 1 is 1.30 bits per heavy atom. The quantitative estimate of drug-likeness (QED) is 0.930. The summed E-state index contributed by atoms with van der Waals surface area (Å²) in [6, 6.07) is 5.23. The molecule has 0 saturated heterocycles. The smallest absolute Gasteiger partial charge is 0.155 e. The molecule has 1 atom stereocenters. The number of nitriles is 1. The zero-order valence-electron chi connectivity index (χ0n) is 11.7. The van der Waals surface area contributed by atoms with Crippen molar-refractivity contribution in [3.05, 3.63) is 35.5 Å². The average Bonchev–Trinajstić information content (AvgIpc) is 2.84. The highest BCUT2D eigenvalue weighted by Crippen LogP contribution is 2.17. The highest BCUT2D eigenvalue weighted by atomic mass is 32.1. The molecule has 0 amide bonds. The Balaban J connectivity index is 0.00000200. The Morgan fingerprint density at radius 2 is 2.00 bits per heavy atom. The summed E-state index contributed by atoms with van der Waals surface area (Å²) in [5.41, 5.74) is 6.43. The molecule has 0 fully saturated rings. The fourth-order valence-corrected chi connectivity index (χ4v) is 1.63. The second-order valence-electron chi connectivity index (χ2n) is 4.70. The van der Waals surface area contributed by atoms with E-state index in [9.17, 15) is 0 Å². The third kappa shape index (κ3) is 3.15. The zero-order valence-corrected chi connectivity index (χ0v) is 12.7. The van der Waals surface area contributed by atoms with E-state index in [-0.39, 0.29) is 25.5 Å². The lowest BCUT2D eigenvalue weighted by Gasteiger charge is -2.06. The second-order valence-corrected chi connectivity index (χ2v) is 4.70. The Hall–Kier alpha value is -1.91. The minimum absolute atomic E-state index is 0. The van der Waals surface area contributed by atoms with Gasteiger partial charge in [-0.1, -0.05) is 13.8 Å². The van der Waals surface area contributed by atoms with Crippen molar-refractivity contribution >= 4 is 13.5 Å². The van der Waals surface area contributed by atoms with Crippen LogP contribution in [0.2, 0.25) is 0 Å². The third-order valence-electron chi connectivity index (χ3n) is 2.67. The van der Waals surface area contributed by atoms with Gasteiger partial charge in [0.1, 0.15) is 6.07 Å². The van der Waals surface area contributed by atoms with Gasteiger partial charge in [0.05, 0.1) is 11.6 Å². The number of nitrogens with zero attached hydrogens (tertiary/aromatic N) is 5. The zero-order chi connectivity index (χ0) is 14.0. The van der Waals surface area contributed by atoms with Crippen LogP contribution in [0.4, 0.5) is 0 Å². The first-order valence-corrected chi connectivity index (χ1v) is 6.12. The molecule has 0 aliphatic carbocycles. The SMILES string of the molecule is CC(C)c1nc([C@H](C)N)n(-c2ccc(C#N)cn2)n1.S. The molecule has 2 rings (SSSR count). The Bertz CT molecular complexity index is 609. The van der Waals surface area contributed by atoms with Gasteiger partial charge >= 0.3 is 0 Å². The van der Waals surface area contributed by atoms with Gasteiger partial charge in [-0.25, -0.2) is 9.97 Å². The lowest BCUT2D eigenvalue weighted by atomic mass is 10.2. The van der Waals surface area contributed by atoms with Gasteiger partial charge in [-0.3, -0.25) is 0 Å². The molecule has 2 aromatic rings. The van der Waals surface area contributed by atoms with Crippen LogP contribution in [-0.2, 0) is 0 Å². The second kappa shape index (κ2) is 6.50. The van der Waals surface area contributed by atoms with Crippen LogP contribution in [0.1, 0.15) is 49.9 Å². The van der Waals surface area contributed by atoms with E-state index in [1.54, 1.807) is 16.8 Å². The molecule has 7 heteroatoms. The molecule has 0 saturated carbocycles. The van der Waals surface area contributed by atoms with Gasteiger partial charge in [0.2, 0.25) is 0 Å². The summed E-state index contributed by atoms with van der Waals surface area (Å²) in [6.45, 7) is 5.90. The van der Waals surface area contributed by atoms with Crippen molar-refractivity contribution in [2.45, 2.75) is 32.7 Å². The molecule has 2 N–H and O–H groups in total. The van der Waals surface area contributed by atoms with Crippen LogP contribution in [0.25, 0.3) is 5.82 Å². The van der Waals surface area contributed by atoms with Crippen molar-refractivity contribution in [3.63, 3.8) is 0 Å². The molecule has 2 heterocycles. The summed E-state index contributed by atoms with van der Waals surface area (Å²) in [7, 11) is 0. The summed E-state index contributed by atoms with van der Waals surface area (Å²) >= 11 is 0. The van der Waals surface area contributed by atoms with E-state index in [2.05, 4.69) is 15.1 Å². The first kappa shape index (κ1) is 16.1. The normalized spacial score (nSPS) is 11.8. The molecule has 0 bridgehead atoms. The van der Waals surface area contributed by atoms with Crippen LogP contribution in [-0.4, -0.2) is 19.7 Å². The minimum atomic E-state index is -0.238. The molecular weight excluding hydrogens is 272 g/mol. The number of hydrogen-bond acceptors (Lipinski definition) is 5. The first-order chi connectivity index (χ1) is 9.02. The summed E-state index contributed by atoms with van der Waals surface area (Å²) in [4.78, 5) is 8.67. The van der Waals surface area contributed by atoms with Gasteiger partial charge in [-0.15, -0.1) is 5.10 Å². The average molecular weight is 290 g/mol. The van der Waals surface area contributed by atoms with Crippen molar-refractivity contribution < 1.29 is 0 Å². The molecule has 0 radical (unpaired) electrons. The summed E-state index contributed by atoms with van der Waals surface area (Å²) in [5, 5.41) is 13.2. The van der Waals surface area contributed by atoms with Crippen LogP contribution >= 0.6 is 13.5 Å². The van der Waals surface area contributed by atoms with Crippen molar-refractivity contribution in [3.8, 4) is 11.9 Å². The minimum Gasteiger partial charge on any atom is -0.322 e. The highest BCUT2D eigenvalue weighted by Gasteiger charge is 2.17.